The van der Waals surface area contributed by atoms with Crippen molar-refractivity contribution in [2.24, 2.45) is 0 Å². The molecule has 0 atom stereocenters. The molecule has 0 unspecified atom stereocenters. The highest BCUT2D eigenvalue weighted by Gasteiger charge is 2.36. The average Bonchev–Trinajstić information content (AvgIpc) is 2.36. The fourth-order valence-electron chi connectivity index (χ4n) is 2.05. The van der Waals surface area contributed by atoms with Gasteiger partial charge in [0.15, 0.2) is 0 Å². The van der Waals surface area contributed by atoms with Crippen LogP contribution in [-0.2, 0) is 6.18 Å². The molecule has 0 fully saturated rings. The molecule has 7 heteroatoms. The first-order chi connectivity index (χ1) is 9.75. The summed E-state index contributed by atoms with van der Waals surface area (Å²) in [5.74, 6) is 0. The van der Waals surface area contributed by atoms with Gasteiger partial charge in [-0.3, -0.25) is 4.79 Å². The number of pyridine rings is 1. The van der Waals surface area contributed by atoms with Crippen LogP contribution in [0.15, 0.2) is 33.5 Å². The van der Waals surface area contributed by atoms with Gasteiger partial charge in [-0.1, -0.05) is 28.1 Å². The minimum Gasteiger partial charge on any atom is -0.325 e. The lowest BCUT2D eigenvalue weighted by atomic mass is 9.96. The number of hydrogen-bond donors (Lipinski definition) is 1. The van der Waals surface area contributed by atoms with Gasteiger partial charge in [-0.25, -0.2) is 0 Å². The normalized spacial score (nSPS) is 11.2. The molecule has 1 aromatic heterocycles. The molecule has 0 radical (unpaired) electrons. The zero-order chi connectivity index (χ0) is 15.8. The summed E-state index contributed by atoms with van der Waals surface area (Å²) in [5.41, 5.74) is -1.83. The second-order valence-electron chi connectivity index (χ2n) is 4.34. The lowest BCUT2D eigenvalue weighted by Crippen LogP contribution is -2.15. The Kier molecular flexibility index (Phi) is 3.92. The molecule has 0 saturated carbocycles. The van der Waals surface area contributed by atoms with Crippen LogP contribution in [0.25, 0.3) is 11.1 Å². The lowest BCUT2D eigenvalue weighted by Gasteiger charge is -2.15. The molecule has 1 heterocycles. The fourth-order valence-corrected chi connectivity index (χ4v) is 2.64. The van der Waals surface area contributed by atoms with Crippen LogP contribution in [-0.4, -0.2) is 4.98 Å². The Balaban J connectivity index is 2.91. The predicted molar refractivity (Wildman–Crippen MR) is 74.7 cm³/mol. The largest absolute Gasteiger partial charge is 0.418 e. The van der Waals surface area contributed by atoms with E-state index < -0.39 is 17.3 Å². The molecule has 0 saturated heterocycles. The van der Waals surface area contributed by atoms with Crippen molar-refractivity contribution in [2.45, 2.75) is 13.1 Å². The lowest BCUT2D eigenvalue weighted by molar-refractivity contribution is -0.137. The van der Waals surface area contributed by atoms with Gasteiger partial charge in [0, 0.05) is 15.7 Å². The number of aromatic nitrogens is 1. The van der Waals surface area contributed by atoms with Gasteiger partial charge in [-0.2, -0.15) is 18.4 Å². The molecule has 0 aliphatic carbocycles. The third kappa shape index (κ3) is 2.85. The summed E-state index contributed by atoms with van der Waals surface area (Å²) in [7, 11) is 0. The molecule has 0 bridgehead atoms. The molecular formula is C14H8BrF3N2O. The van der Waals surface area contributed by atoms with E-state index in [2.05, 4.69) is 20.9 Å². The third-order valence-corrected chi connectivity index (χ3v) is 3.53. The number of aryl methyl sites for hydroxylation is 1. The van der Waals surface area contributed by atoms with Crippen LogP contribution < -0.4 is 5.56 Å². The highest BCUT2D eigenvalue weighted by molar-refractivity contribution is 9.10. The summed E-state index contributed by atoms with van der Waals surface area (Å²) in [6, 6.07) is 6.94. The molecule has 3 nitrogen and oxygen atoms in total. The number of aromatic amines is 1. The maximum atomic E-state index is 13.2. The van der Waals surface area contributed by atoms with Gasteiger partial charge in [0.25, 0.3) is 5.56 Å². The Bertz CT molecular complexity index is 803. The molecule has 2 rings (SSSR count). The molecule has 0 aliphatic rings. The Hall–Kier alpha value is -2.07. The Morgan fingerprint density at radius 3 is 2.52 bits per heavy atom. The molecule has 0 spiro atoms. The molecule has 1 N–H and O–H groups in total. The minimum atomic E-state index is -4.61. The van der Waals surface area contributed by atoms with Crippen molar-refractivity contribution in [3.63, 3.8) is 0 Å². The number of nitriles is 1. The molecule has 1 aromatic carbocycles. The zero-order valence-electron chi connectivity index (χ0n) is 10.7. The first-order valence-corrected chi connectivity index (χ1v) is 6.55. The van der Waals surface area contributed by atoms with E-state index >= 15 is 0 Å². The molecule has 0 aliphatic heterocycles. The van der Waals surface area contributed by atoms with Crippen molar-refractivity contribution in [1.82, 2.24) is 4.98 Å². The van der Waals surface area contributed by atoms with Crippen LogP contribution in [0, 0.1) is 18.3 Å². The third-order valence-electron chi connectivity index (χ3n) is 2.87. The van der Waals surface area contributed by atoms with Crippen LogP contribution in [0.3, 0.4) is 0 Å². The van der Waals surface area contributed by atoms with Gasteiger partial charge in [0.2, 0.25) is 0 Å². The Labute approximate surface area is 126 Å². The smallest absolute Gasteiger partial charge is 0.325 e. The summed E-state index contributed by atoms with van der Waals surface area (Å²) in [5, 5.41) is 9.05. The summed E-state index contributed by atoms with van der Waals surface area (Å²) in [6.45, 7) is 1.54. The van der Waals surface area contributed by atoms with Gasteiger partial charge in [-0.15, -0.1) is 0 Å². The average molecular weight is 357 g/mol. The van der Waals surface area contributed by atoms with Crippen LogP contribution in [0.4, 0.5) is 13.2 Å². The van der Waals surface area contributed by atoms with Gasteiger partial charge in [0.05, 0.1) is 5.56 Å². The SMILES string of the molecule is Cc1cc(-c2cccc(Br)c2C(F)(F)F)c(C#N)c(=O)[nH]1. The molecular weight excluding hydrogens is 349 g/mol. The maximum absolute atomic E-state index is 13.2. The van der Waals surface area contributed by atoms with Gasteiger partial charge in [-0.05, 0) is 24.6 Å². The van der Waals surface area contributed by atoms with E-state index in [1.807, 2.05) is 0 Å². The van der Waals surface area contributed by atoms with E-state index in [9.17, 15) is 18.0 Å². The zero-order valence-corrected chi connectivity index (χ0v) is 12.3. The van der Waals surface area contributed by atoms with Crippen molar-refractivity contribution in [3.05, 3.63) is 55.9 Å². The number of benzene rings is 1. The number of hydrogen-bond acceptors (Lipinski definition) is 2. The molecule has 0 amide bonds. The van der Waals surface area contributed by atoms with Crippen LogP contribution in [0.5, 0.6) is 0 Å². The number of nitrogens with zero attached hydrogens (tertiary/aromatic N) is 1. The summed E-state index contributed by atoms with van der Waals surface area (Å²) in [6.07, 6.45) is -4.61. The monoisotopic (exact) mass is 356 g/mol. The van der Waals surface area contributed by atoms with Gasteiger partial charge in [0.1, 0.15) is 11.6 Å². The van der Waals surface area contributed by atoms with E-state index in [0.717, 1.165) is 0 Å². The molecule has 2 aromatic rings. The topological polar surface area (TPSA) is 56.6 Å². The van der Waals surface area contributed by atoms with Crippen molar-refractivity contribution in [1.29, 1.82) is 5.26 Å². The molecule has 108 valence electrons. The Morgan fingerprint density at radius 1 is 1.29 bits per heavy atom. The summed E-state index contributed by atoms with van der Waals surface area (Å²) >= 11 is 2.87. The number of rotatable bonds is 1. The van der Waals surface area contributed by atoms with E-state index in [4.69, 9.17) is 5.26 Å². The summed E-state index contributed by atoms with van der Waals surface area (Å²) < 4.78 is 39.6. The quantitative estimate of drug-likeness (QED) is 0.839. The first-order valence-electron chi connectivity index (χ1n) is 5.76. The standard InChI is InChI=1S/C14H8BrF3N2O/c1-7-5-9(10(6-19)13(21)20-7)8-3-2-4-11(15)12(8)14(16,17)18/h2-5H,1H3,(H,20,21). The van der Waals surface area contributed by atoms with E-state index in [-0.39, 0.29) is 21.2 Å². The minimum absolute atomic E-state index is 0.0348. The second-order valence-corrected chi connectivity index (χ2v) is 5.20. The van der Waals surface area contributed by atoms with E-state index in [0.29, 0.717) is 5.69 Å². The van der Waals surface area contributed by atoms with Crippen LogP contribution in [0.2, 0.25) is 0 Å². The van der Waals surface area contributed by atoms with Gasteiger partial charge < -0.3 is 4.98 Å². The van der Waals surface area contributed by atoms with E-state index in [1.54, 1.807) is 6.07 Å². The van der Waals surface area contributed by atoms with Crippen LogP contribution in [0.1, 0.15) is 16.8 Å². The summed E-state index contributed by atoms with van der Waals surface area (Å²) in [4.78, 5) is 14.1. The fraction of sp³-hybridized carbons (Fsp3) is 0.143. The number of nitrogens with one attached hydrogen (secondary N) is 1. The van der Waals surface area contributed by atoms with Crippen molar-refractivity contribution >= 4 is 15.9 Å². The number of alkyl halides is 3. The number of halogens is 4. The Morgan fingerprint density at radius 2 is 1.95 bits per heavy atom. The molecule has 21 heavy (non-hydrogen) atoms. The highest BCUT2D eigenvalue weighted by atomic mass is 79.9. The second kappa shape index (κ2) is 5.37. The maximum Gasteiger partial charge on any atom is 0.418 e. The number of H-pyrrole nitrogens is 1. The van der Waals surface area contributed by atoms with Crippen LogP contribution >= 0.6 is 15.9 Å². The highest BCUT2D eigenvalue weighted by Crippen LogP contribution is 2.41. The predicted octanol–water partition coefficient (Wildman–Crippen LogP) is 4.00. The van der Waals surface area contributed by atoms with Crippen molar-refractivity contribution in [3.8, 4) is 17.2 Å². The van der Waals surface area contributed by atoms with E-state index in [1.165, 1.54) is 31.2 Å². The van der Waals surface area contributed by atoms with Crippen molar-refractivity contribution in [2.75, 3.05) is 0 Å². The van der Waals surface area contributed by atoms with Gasteiger partial charge >= 0.3 is 6.18 Å². The van der Waals surface area contributed by atoms with Crippen molar-refractivity contribution < 1.29 is 13.2 Å². The first kappa shape index (κ1) is 15.3.